The van der Waals surface area contributed by atoms with Gasteiger partial charge in [0, 0.05) is 33.7 Å². The van der Waals surface area contributed by atoms with Crippen molar-refractivity contribution in [3.8, 4) is 0 Å². The third-order valence-electron chi connectivity index (χ3n) is 4.05. The van der Waals surface area contributed by atoms with E-state index in [9.17, 15) is 4.79 Å². The molecule has 2 aliphatic heterocycles. The number of fused-ring (bicyclic) bond motifs is 1. The van der Waals surface area contributed by atoms with Crippen LogP contribution in [0.1, 0.15) is 29.6 Å². The van der Waals surface area contributed by atoms with Gasteiger partial charge in [0.25, 0.3) is 5.91 Å². The number of nitrogens with one attached hydrogen (secondary N) is 1. The van der Waals surface area contributed by atoms with Crippen molar-refractivity contribution in [3.63, 3.8) is 0 Å². The van der Waals surface area contributed by atoms with E-state index in [0.29, 0.717) is 16.6 Å². The fourth-order valence-corrected chi connectivity index (χ4v) is 4.05. The van der Waals surface area contributed by atoms with Crippen molar-refractivity contribution >= 4 is 33.4 Å². The smallest absolute Gasteiger partial charge is 0.251 e. The minimum atomic E-state index is -0.0260. The molecule has 0 saturated carbocycles. The summed E-state index contributed by atoms with van der Waals surface area (Å²) in [5.74, 6) is -0.0260. The second-order valence-corrected chi connectivity index (χ2v) is 6.62. The highest BCUT2D eigenvalue weighted by molar-refractivity contribution is 9.10. The molecule has 19 heavy (non-hydrogen) atoms. The van der Waals surface area contributed by atoms with Crippen LogP contribution in [0.3, 0.4) is 0 Å². The van der Waals surface area contributed by atoms with Crippen molar-refractivity contribution in [2.75, 3.05) is 13.1 Å². The van der Waals surface area contributed by atoms with Crippen LogP contribution < -0.4 is 5.32 Å². The maximum Gasteiger partial charge on any atom is 0.251 e. The molecule has 1 N–H and O–H groups in total. The molecule has 2 heterocycles. The maximum absolute atomic E-state index is 12.3. The molecular weight excluding hydrogens is 328 g/mol. The van der Waals surface area contributed by atoms with Crippen molar-refractivity contribution in [1.29, 1.82) is 0 Å². The summed E-state index contributed by atoms with van der Waals surface area (Å²) in [5, 5.41) is 3.74. The highest BCUT2D eigenvalue weighted by Gasteiger charge is 2.37. The van der Waals surface area contributed by atoms with Gasteiger partial charge in [0.05, 0.1) is 0 Å². The predicted octanol–water partition coefficient (Wildman–Crippen LogP) is 3.07. The van der Waals surface area contributed by atoms with Gasteiger partial charge in [-0.3, -0.25) is 9.69 Å². The van der Waals surface area contributed by atoms with Crippen LogP contribution >= 0.6 is 27.5 Å². The van der Waals surface area contributed by atoms with E-state index < -0.39 is 0 Å². The van der Waals surface area contributed by atoms with Crippen LogP contribution in [-0.4, -0.2) is 36.0 Å². The van der Waals surface area contributed by atoms with Gasteiger partial charge in [-0.05, 0) is 44.0 Å². The Morgan fingerprint density at radius 3 is 2.95 bits per heavy atom. The summed E-state index contributed by atoms with van der Waals surface area (Å²) >= 11 is 9.35. The van der Waals surface area contributed by atoms with Gasteiger partial charge in [-0.2, -0.15) is 0 Å². The van der Waals surface area contributed by atoms with Gasteiger partial charge in [0.1, 0.15) is 0 Å². The number of nitrogens with zero attached hydrogens (tertiary/aromatic N) is 1. The summed E-state index contributed by atoms with van der Waals surface area (Å²) in [7, 11) is 0. The Kier molecular flexibility index (Phi) is 3.83. The molecule has 2 aliphatic rings. The molecule has 5 heteroatoms. The maximum atomic E-state index is 12.3. The summed E-state index contributed by atoms with van der Waals surface area (Å²) in [4.78, 5) is 14.8. The molecule has 1 aromatic rings. The van der Waals surface area contributed by atoms with E-state index in [-0.39, 0.29) is 11.9 Å². The lowest BCUT2D eigenvalue weighted by Crippen LogP contribution is -2.42. The third kappa shape index (κ3) is 2.81. The van der Waals surface area contributed by atoms with E-state index in [4.69, 9.17) is 11.6 Å². The topological polar surface area (TPSA) is 32.3 Å². The van der Waals surface area contributed by atoms with E-state index in [2.05, 4.69) is 26.1 Å². The summed E-state index contributed by atoms with van der Waals surface area (Å²) in [6.45, 7) is 2.29. The highest BCUT2D eigenvalue weighted by atomic mass is 79.9. The quantitative estimate of drug-likeness (QED) is 0.895. The molecule has 2 atom stereocenters. The van der Waals surface area contributed by atoms with Gasteiger partial charge in [0.15, 0.2) is 0 Å². The fourth-order valence-electron chi connectivity index (χ4n) is 3.19. The lowest BCUT2D eigenvalue weighted by Gasteiger charge is -2.21. The van der Waals surface area contributed by atoms with Gasteiger partial charge < -0.3 is 5.32 Å². The van der Waals surface area contributed by atoms with Crippen LogP contribution in [0, 0.1) is 0 Å². The lowest BCUT2D eigenvalue weighted by molar-refractivity contribution is 0.0929. The lowest BCUT2D eigenvalue weighted by atomic mass is 10.1. The molecule has 0 aliphatic carbocycles. The Morgan fingerprint density at radius 1 is 1.32 bits per heavy atom. The Bertz CT molecular complexity index is 488. The Hall–Kier alpha value is -0.580. The number of carbonyl (C=O) groups is 1. The number of halogens is 2. The molecule has 0 radical (unpaired) electrons. The van der Waals surface area contributed by atoms with Crippen molar-refractivity contribution < 1.29 is 4.79 Å². The monoisotopic (exact) mass is 342 g/mol. The predicted molar refractivity (Wildman–Crippen MR) is 79.6 cm³/mol. The normalized spacial score (nSPS) is 26.4. The molecule has 3 rings (SSSR count). The first kappa shape index (κ1) is 13.4. The van der Waals surface area contributed by atoms with E-state index in [1.165, 1.54) is 19.4 Å². The molecule has 1 aromatic carbocycles. The molecule has 1 amide bonds. The summed E-state index contributed by atoms with van der Waals surface area (Å²) in [6.07, 6.45) is 3.50. The average Bonchev–Trinajstić information content (AvgIpc) is 2.92. The van der Waals surface area contributed by atoms with Crippen molar-refractivity contribution in [2.24, 2.45) is 0 Å². The van der Waals surface area contributed by atoms with Gasteiger partial charge in [-0.15, -0.1) is 0 Å². The summed E-state index contributed by atoms with van der Waals surface area (Å²) in [6, 6.07) is 6.12. The Morgan fingerprint density at radius 2 is 2.16 bits per heavy atom. The molecule has 2 fully saturated rings. The molecule has 2 saturated heterocycles. The number of benzene rings is 1. The zero-order valence-corrected chi connectivity index (χ0v) is 12.9. The first-order valence-electron chi connectivity index (χ1n) is 6.64. The number of hydrogen-bond acceptors (Lipinski definition) is 2. The second-order valence-electron chi connectivity index (χ2n) is 5.27. The van der Waals surface area contributed by atoms with Crippen LogP contribution in [-0.2, 0) is 0 Å². The number of hydrogen-bond donors (Lipinski definition) is 1. The minimum Gasteiger partial charge on any atom is -0.348 e. The molecule has 102 valence electrons. The van der Waals surface area contributed by atoms with E-state index >= 15 is 0 Å². The summed E-state index contributed by atoms with van der Waals surface area (Å²) in [5.41, 5.74) is 0.621. The largest absolute Gasteiger partial charge is 0.348 e. The van der Waals surface area contributed by atoms with Crippen LogP contribution in [0.2, 0.25) is 5.02 Å². The summed E-state index contributed by atoms with van der Waals surface area (Å²) < 4.78 is 0.832. The average molecular weight is 344 g/mol. The van der Waals surface area contributed by atoms with Gasteiger partial charge >= 0.3 is 0 Å². The van der Waals surface area contributed by atoms with Gasteiger partial charge in [-0.25, -0.2) is 0 Å². The highest BCUT2D eigenvalue weighted by Crippen LogP contribution is 2.28. The standard InChI is InChI=1S/C14H16BrClN2O/c15-10-6-9(7-11(16)8-10)14(19)17-12-3-5-18-4-1-2-13(12)18/h6-8,12-13H,1-5H2,(H,17,19). The second kappa shape index (κ2) is 5.43. The van der Waals surface area contributed by atoms with E-state index in [0.717, 1.165) is 17.4 Å². The van der Waals surface area contributed by atoms with Crippen molar-refractivity contribution in [1.82, 2.24) is 10.2 Å². The van der Waals surface area contributed by atoms with Gasteiger partial charge in [-0.1, -0.05) is 27.5 Å². The number of amides is 1. The first-order chi connectivity index (χ1) is 9.13. The van der Waals surface area contributed by atoms with Crippen molar-refractivity contribution in [3.05, 3.63) is 33.3 Å². The molecule has 0 bridgehead atoms. The van der Waals surface area contributed by atoms with Crippen molar-refractivity contribution in [2.45, 2.75) is 31.3 Å². The Labute approximate surface area is 126 Å². The molecule has 2 unspecified atom stereocenters. The fraction of sp³-hybridized carbons (Fsp3) is 0.500. The van der Waals surface area contributed by atoms with Crippen LogP contribution in [0.25, 0.3) is 0 Å². The number of rotatable bonds is 2. The molecule has 0 aromatic heterocycles. The van der Waals surface area contributed by atoms with Crippen LogP contribution in [0.4, 0.5) is 0 Å². The van der Waals surface area contributed by atoms with Crippen LogP contribution in [0.15, 0.2) is 22.7 Å². The van der Waals surface area contributed by atoms with E-state index in [1.54, 1.807) is 12.1 Å². The minimum absolute atomic E-state index is 0.0260. The Balaban J connectivity index is 1.71. The first-order valence-corrected chi connectivity index (χ1v) is 7.81. The number of carbonyl (C=O) groups excluding carboxylic acids is 1. The molecular formula is C14H16BrClN2O. The SMILES string of the molecule is O=C(NC1CCN2CCCC12)c1cc(Cl)cc(Br)c1. The zero-order chi connectivity index (χ0) is 13.4. The molecule has 0 spiro atoms. The van der Waals surface area contributed by atoms with Crippen LogP contribution in [0.5, 0.6) is 0 Å². The third-order valence-corrected chi connectivity index (χ3v) is 4.72. The zero-order valence-electron chi connectivity index (χ0n) is 10.5. The van der Waals surface area contributed by atoms with Gasteiger partial charge in [0.2, 0.25) is 0 Å². The molecule has 3 nitrogen and oxygen atoms in total. The van der Waals surface area contributed by atoms with E-state index in [1.807, 2.05) is 6.07 Å².